The highest BCUT2D eigenvalue weighted by Gasteiger charge is 2.19. The van der Waals surface area contributed by atoms with Crippen molar-refractivity contribution in [2.24, 2.45) is 11.1 Å². The van der Waals surface area contributed by atoms with Gasteiger partial charge < -0.3 is 10.6 Å². The van der Waals surface area contributed by atoms with Crippen molar-refractivity contribution in [2.45, 2.75) is 20.4 Å². The highest BCUT2D eigenvalue weighted by molar-refractivity contribution is 5.20. The Morgan fingerprint density at radius 3 is 2.22 bits per heavy atom. The summed E-state index contributed by atoms with van der Waals surface area (Å²) in [5, 5.41) is 0. The van der Waals surface area contributed by atoms with Crippen molar-refractivity contribution in [1.29, 1.82) is 0 Å². The third-order valence-electron chi connectivity index (χ3n) is 2.78. The summed E-state index contributed by atoms with van der Waals surface area (Å²) in [6.45, 7) is 5.34. The Balaban J connectivity index is 2.76. The van der Waals surface area contributed by atoms with Gasteiger partial charge in [0.05, 0.1) is 0 Å². The van der Waals surface area contributed by atoms with E-state index in [-0.39, 0.29) is 17.5 Å². The lowest BCUT2D eigenvalue weighted by molar-refractivity contribution is 0.207. The van der Waals surface area contributed by atoms with Crippen LogP contribution in [0.25, 0.3) is 0 Å². The highest BCUT2D eigenvalue weighted by Crippen LogP contribution is 2.18. The van der Waals surface area contributed by atoms with E-state index < -0.39 is 17.5 Å². The van der Waals surface area contributed by atoms with E-state index in [9.17, 15) is 13.2 Å². The first-order chi connectivity index (χ1) is 8.25. The second kappa shape index (κ2) is 5.71. The highest BCUT2D eigenvalue weighted by atomic mass is 19.2. The smallest absolute Gasteiger partial charge is 0.161 e. The van der Waals surface area contributed by atoms with Crippen LogP contribution in [-0.2, 0) is 6.54 Å². The molecule has 1 aromatic rings. The van der Waals surface area contributed by atoms with Crippen molar-refractivity contribution < 1.29 is 13.2 Å². The minimum atomic E-state index is -1.17. The van der Waals surface area contributed by atoms with Crippen LogP contribution in [0.15, 0.2) is 12.1 Å². The van der Waals surface area contributed by atoms with Gasteiger partial charge in [0.1, 0.15) is 5.82 Å². The molecule has 0 aliphatic heterocycles. The number of rotatable bonds is 5. The standard InChI is InChI=1S/C13H19F3N2/c1-13(2,7-17)8-18(3)6-9-4-11(15)12(16)5-10(9)14/h4-5H,6-8,17H2,1-3H3. The summed E-state index contributed by atoms with van der Waals surface area (Å²) in [5.74, 6) is -2.93. The van der Waals surface area contributed by atoms with Crippen molar-refractivity contribution in [3.8, 4) is 0 Å². The monoisotopic (exact) mass is 260 g/mol. The van der Waals surface area contributed by atoms with Crippen molar-refractivity contribution in [3.63, 3.8) is 0 Å². The van der Waals surface area contributed by atoms with Crippen LogP contribution < -0.4 is 5.73 Å². The van der Waals surface area contributed by atoms with E-state index in [2.05, 4.69) is 0 Å². The topological polar surface area (TPSA) is 29.3 Å². The first-order valence-electron chi connectivity index (χ1n) is 5.77. The Morgan fingerprint density at radius 1 is 1.11 bits per heavy atom. The Hall–Kier alpha value is -1.07. The lowest BCUT2D eigenvalue weighted by Gasteiger charge is -2.29. The fraction of sp³-hybridized carbons (Fsp3) is 0.538. The fourth-order valence-electron chi connectivity index (χ4n) is 1.83. The van der Waals surface area contributed by atoms with Crippen LogP contribution in [-0.4, -0.2) is 25.0 Å². The summed E-state index contributed by atoms with van der Waals surface area (Å²) in [5.41, 5.74) is 5.65. The van der Waals surface area contributed by atoms with Crippen LogP contribution in [0, 0.1) is 22.9 Å². The number of hydrogen-bond acceptors (Lipinski definition) is 2. The quantitative estimate of drug-likeness (QED) is 0.824. The van der Waals surface area contributed by atoms with Crippen LogP contribution in [0.1, 0.15) is 19.4 Å². The van der Waals surface area contributed by atoms with Gasteiger partial charge >= 0.3 is 0 Å². The van der Waals surface area contributed by atoms with Crippen LogP contribution in [0.2, 0.25) is 0 Å². The zero-order chi connectivity index (χ0) is 13.9. The van der Waals surface area contributed by atoms with Crippen LogP contribution in [0.4, 0.5) is 13.2 Å². The number of hydrogen-bond donors (Lipinski definition) is 1. The molecule has 0 saturated heterocycles. The minimum Gasteiger partial charge on any atom is -0.330 e. The third kappa shape index (κ3) is 3.99. The first kappa shape index (κ1) is 15.0. The van der Waals surface area contributed by atoms with Crippen molar-refractivity contribution in [2.75, 3.05) is 20.1 Å². The second-order valence-electron chi connectivity index (χ2n) is 5.40. The van der Waals surface area contributed by atoms with Gasteiger partial charge in [0.15, 0.2) is 11.6 Å². The van der Waals surface area contributed by atoms with E-state index >= 15 is 0 Å². The average Bonchev–Trinajstić information content (AvgIpc) is 2.25. The summed E-state index contributed by atoms with van der Waals surface area (Å²) in [7, 11) is 1.79. The molecular formula is C13H19F3N2. The lowest BCUT2D eigenvalue weighted by Crippen LogP contribution is -2.36. The number of halogens is 3. The molecule has 1 aromatic carbocycles. The molecule has 0 unspecified atom stereocenters. The third-order valence-corrected chi connectivity index (χ3v) is 2.78. The molecule has 0 aliphatic carbocycles. The molecule has 0 saturated carbocycles. The molecule has 18 heavy (non-hydrogen) atoms. The van der Waals surface area contributed by atoms with Crippen molar-refractivity contribution >= 4 is 0 Å². The van der Waals surface area contributed by atoms with Crippen molar-refractivity contribution in [1.82, 2.24) is 4.90 Å². The van der Waals surface area contributed by atoms with E-state index in [1.165, 1.54) is 0 Å². The molecule has 5 heteroatoms. The first-order valence-corrected chi connectivity index (χ1v) is 5.77. The predicted octanol–water partition coefficient (Wildman–Crippen LogP) is 2.52. The van der Waals surface area contributed by atoms with Gasteiger partial charge in [0.2, 0.25) is 0 Å². The van der Waals surface area contributed by atoms with Gasteiger partial charge in [-0.05, 0) is 25.1 Å². The van der Waals surface area contributed by atoms with E-state index in [1.54, 1.807) is 7.05 Å². The molecule has 0 bridgehead atoms. The van der Waals surface area contributed by atoms with Gasteiger partial charge in [0.25, 0.3) is 0 Å². The molecule has 2 N–H and O–H groups in total. The largest absolute Gasteiger partial charge is 0.330 e. The SMILES string of the molecule is CN(Cc1cc(F)c(F)cc1F)CC(C)(C)CN. The molecular weight excluding hydrogens is 241 g/mol. The van der Waals surface area contributed by atoms with Gasteiger partial charge in [0, 0.05) is 24.7 Å². The molecule has 0 fully saturated rings. The van der Waals surface area contributed by atoms with E-state index in [0.717, 1.165) is 6.07 Å². The van der Waals surface area contributed by atoms with Gasteiger partial charge in [-0.1, -0.05) is 13.8 Å². The Labute approximate surface area is 106 Å². The van der Waals surface area contributed by atoms with Crippen LogP contribution >= 0.6 is 0 Å². The Kier molecular flexibility index (Phi) is 4.76. The molecule has 2 nitrogen and oxygen atoms in total. The number of benzene rings is 1. The molecule has 0 atom stereocenters. The molecule has 0 heterocycles. The molecule has 0 spiro atoms. The van der Waals surface area contributed by atoms with Crippen LogP contribution in [0.3, 0.4) is 0 Å². The molecule has 102 valence electrons. The minimum absolute atomic E-state index is 0.107. The number of nitrogens with two attached hydrogens (primary N) is 1. The zero-order valence-corrected chi connectivity index (χ0v) is 10.9. The number of nitrogens with zero attached hydrogens (tertiary/aromatic N) is 1. The molecule has 0 aliphatic rings. The van der Waals surface area contributed by atoms with Crippen LogP contribution in [0.5, 0.6) is 0 Å². The van der Waals surface area contributed by atoms with Gasteiger partial charge in [-0.15, -0.1) is 0 Å². The summed E-state index contributed by atoms with van der Waals surface area (Å²) in [4.78, 5) is 1.84. The molecule has 0 aromatic heterocycles. The second-order valence-corrected chi connectivity index (χ2v) is 5.40. The lowest BCUT2D eigenvalue weighted by atomic mass is 9.93. The summed E-state index contributed by atoms with van der Waals surface area (Å²) in [6, 6.07) is 1.48. The maximum Gasteiger partial charge on any atom is 0.161 e. The van der Waals surface area contributed by atoms with E-state index in [1.807, 2.05) is 18.7 Å². The van der Waals surface area contributed by atoms with Gasteiger partial charge in [-0.2, -0.15) is 0 Å². The van der Waals surface area contributed by atoms with Gasteiger partial charge in [-0.3, -0.25) is 0 Å². The average molecular weight is 260 g/mol. The summed E-state index contributed by atoms with van der Waals surface area (Å²) < 4.78 is 39.3. The Bertz CT molecular complexity index is 419. The van der Waals surface area contributed by atoms with E-state index in [0.29, 0.717) is 19.2 Å². The molecule has 0 amide bonds. The molecule has 1 rings (SSSR count). The van der Waals surface area contributed by atoms with Gasteiger partial charge in [-0.25, -0.2) is 13.2 Å². The summed E-state index contributed by atoms with van der Waals surface area (Å²) >= 11 is 0. The fourth-order valence-corrected chi connectivity index (χ4v) is 1.83. The normalized spacial score (nSPS) is 12.2. The summed E-state index contributed by atoms with van der Waals surface area (Å²) in [6.07, 6.45) is 0. The van der Waals surface area contributed by atoms with Crippen molar-refractivity contribution in [3.05, 3.63) is 35.1 Å². The predicted molar refractivity (Wildman–Crippen MR) is 65.5 cm³/mol. The van der Waals surface area contributed by atoms with E-state index in [4.69, 9.17) is 5.73 Å². The Morgan fingerprint density at radius 2 is 1.67 bits per heavy atom. The molecule has 0 radical (unpaired) electrons. The maximum atomic E-state index is 13.4. The maximum absolute atomic E-state index is 13.4. The zero-order valence-electron chi connectivity index (χ0n) is 10.9.